The Morgan fingerprint density at radius 2 is 2.27 bits per heavy atom. The molecule has 0 amide bonds. The molecular weight excluding hydrogens is 146 g/mol. The summed E-state index contributed by atoms with van der Waals surface area (Å²) >= 11 is 0. The average Bonchev–Trinajstić information content (AvgIpc) is 2.01. The fourth-order valence-corrected chi connectivity index (χ4v) is 0.595. The van der Waals surface area contributed by atoms with E-state index in [1.165, 1.54) is 0 Å². The van der Waals surface area contributed by atoms with Gasteiger partial charge in [0.05, 0.1) is 25.2 Å². The molecule has 1 unspecified atom stereocenters. The molecule has 0 bridgehead atoms. The van der Waals surface area contributed by atoms with Crippen LogP contribution >= 0.6 is 0 Å². The van der Waals surface area contributed by atoms with Gasteiger partial charge >= 0.3 is 0 Å². The summed E-state index contributed by atoms with van der Waals surface area (Å²) < 4.78 is 0. The van der Waals surface area contributed by atoms with Crippen LogP contribution in [0.15, 0.2) is 0 Å². The Labute approximate surface area is 65.1 Å². The van der Waals surface area contributed by atoms with Crippen LogP contribution in [0.25, 0.3) is 0 Å². The maximum absolute atomic E-state index is 10.6. The van der Waals surface area contributed by atoms with Gasteiger partial charge in [0.2, 0.25) is 0 Å². The van der Waals surface area contributed by atoms with Gasteiger partial charge in [-0.2, -0.15) is 5.26 Å². The quantitative estimate of drug-likeness (QED) is 0.569. The first-order valence-electron chi connectivity index (χ1n) is 3.38. The van der Waals surface area contributed by atoms with Gasteiger partial charge in [-0.05, 0) is 6.42 Å². The topological polar surface area (TPSA) is 81.3 Å². The minimum atomic E-state index is -0.836. The van der Waals surface area contributed by atoms with Crippen molar-refractivity contribution >= 4 is 5.78 Å². The SMILES string of the molecule is N#CCC(=O)CCC(O)CO. The highest BCUT2D eigenvalue weighted by atomic mass is 16.3. The van der Waals surface area contributed by atoms with Gasteiger partial charge in [0.25, 0.3) is 0 Å². The van der Waals surface area contributed by atoms with E-state index < -0.39 is 6.10 Å². The van der Waals surface area contributed by atoms with E-state index in [4.69, 9.17) is 15.5 Å². The number of aliphatic hydroxyl groups excluding tert-OH is 2. The lowest BCUT2D eigenvalue weighted by molar-refractivity contribution is -0.118. The summed E-state index contributed by atoms with van der Waals surface area (Å²) in [5.74, 6) is -0.194. The molecule has 4 nitrogen and oxygen atoms in total. The van der Waals surface area contributed by atoms with Gasteiger partial charge in [-0.25, -0.2) is 0 Å². The maximum atomic E-state index is 10.6. The minimum Gasteiger partial charge on any atom is -0.394 e. The van der Waals surface area contributed by atoms with Gasteiger partial charge in [0.15, 0.2) is 0 Å². The molecule has 0 aromatic rings. The maximum Gasteiger partial charge on any atom is 0.147 e. The summed E-state index contributed by atoms with van der Waals surface area (Å²) in [5.41, 5.74) is 0. The molecule has 62 valence electrons. The Morgan fingerprint density at radius 1 is 1.64 bits per heavy atom. The van der Waals surface area contributed by atoms with E-state index in [1.807, 2.05) is 0 Å². The number of nitriles is 1. The molecule has 0 rings (SSSR count). The molecule has 0 heterocycles. The molecule has 0 aliphatic carbocycles. The number of carbonyl (C=O) groups excluding carboxylic acids is 1. The van der Waals surface area contributed by atoms with E-state index in [-0.39, 0.29) is 31.7 Å². The fourth-order valence-electron chi connectivity index (χ4n) is 0.595. The Kier molecular flexibility index (Phi) is 5.35. The summed E-state index contributed by atoms with van der Waals surface area (Å²) in [5, 5.41) is 25.2. The molecule has 1 atom stereocenters. The molecule has 0 saturated carbocycles. The van der Waals surface area contributed by atoms with Crippen LogP contribution in [-0.4, -0.2) is 28.7 Å². The summed E-state index contributed by atoms with van der Waals surface area (Å²) in [6.07, 6.45) is -0.553. The summed E-state index contributed by atoms with van der Waals surface area (Å²) in [6.45, 7) is -0.333. The van der Waals surface area contributed by atoms with E-state index in [2.05, 4.69) is 0 Å². The number of ketones is 1. The van der Waals surface area contributed by atoms with E-state index in [1.54, 1.807) is 6.07 Å². The normalized spacial score (nSPS) is 12.1. The highest BCUT2D eigenvalue weighted by molar-refractivity contribution is 5.80. The smallest absolute Gasteiger partial charge is 0.147 e. The second kappa shape index (κ2) is 5.83. The second-order valence-electron chi connectivity index (χ2n) is 2.25. The lowest BCUT2D eigenvalue weighted by atomic mass is 10.1. The first kappa shape index (κ1) is 10.1. The van der Waals surface area contributed by atoms with E-state index in [9.17, 15) is 4.79 Å². The lowest BCUT2D eigenvalue weighted by Gasteiger charge is -2.03. The third-order valence-corrected chi connectivity index (χ3v) is 1.24. The van der Waals surface area contributed by atoms with Crippen molar-refractivity contribution in [3.8, 4) is 6.07 Å². The first-order valence-corrected chi connectivity index (χ1v) is 3.38. The number of hydrogen-bond donors (Lipinski definition) is 2. The van der Waals surface area contributed by atoms with Crippen molar-refractivity contribution in [3.05, 3.63) is 0 Å². The van der Waals surface area contributed by atoms with Crippen LogP contribution in [0.2, 0.25) is 0 Å². The highest BCUT2D eigenvalue weighted by Gasteiger charge is 2.05. The first-order chi connectivity index (χ1) is 5.20. The van der Waals surface area contributed by atoms with Crippen LogP contribution in [0.1, 0.15) is 19.3 Å². The number of nitrogens with zero attached hydrogens (tertiary/aromatic N) is 1. The van der Waals surface area contributed by atoms with Gasteiger partial charge in [0, 0.05) is 6.42 Å². The summed E-state index contributed by atoms with van der Waals surface area (Å²) in [4.78, 5) is 10.6. The Hall–Kier alpha value is -0.920. The minimum absolute atomic E-state index is 0.113. The zero-order chi connectivity index (χ0) is 8.69. The lowest BCUT2D eigenvalue weighted by Crippen LogP contribution is -2.13. The van der Waals surface area contributed by atoms with E-state index >= 15 is 0 Å². The molecule has 0 aromatic heterocycles. The van der Waals surface area contributed by atoms with E-state index in [0.717, 1.165) is 0 Å². The van der Waals surface area contributed by atoms with Crippen LogP contribution in [0.5, 0.6) is 0 Å². The number of rotatable bonds is 5. The van der Waals surface area contributed by atoms with Crippen molar-refractivity contribution in [2.45, 2.75) is 25.4 Å². The van der Waals surface area contributed by atoms with Crippen LogP contribution in [-0.2, 0) is 4.79 Å². The Bertz CT molecular complexity index is 162. The Morgan fingerprint density at radius 3 is 2.73 bits per heavy atom. The van der Waals surface area contributed by atoms with Crippen LogP contribution < -0.4 is 0 Å². The number of Topliss-reactive ketones (excluding diaryl/α,β-unsaturated/α-hetero) is 1. The van der Waals surface area contributed by atoms with Crippen LogP contribution in [0, 0.1) is 11.3 Å². The van der Waals surface area contributed by atoms with Crippen molar-refractivity contribution in [2.24, 2.45) is 0 Å². The molecule has 0 radical (unpaired) electrons. The second-order valence-corrected chi connectivity index (χ2v) is 2.25. The monoisotopic (exact) mass is 157 g/mol. The van der Waals surface area contributed by atoms with Crippen molar-refractivity contribution in [1.82, 2.24) is 0 Å². The van der Waals surface area contributed by atoms with Crippen molar-refractivity contribution in [1.29, 1.82) is 5.26 Å². The predicted molar refractivity (Wildman–Crippen MR) is 37.6 cm³/mol. The van der Waals surface area contributed by atoms with Crippen LogP contribution in [0.4, 0.5) is 0 Å². The van der Waals surface area contributed by atoms with Gasteiger partial charge in [0.1, 0.15) is 5.78 Å². The standard InChI is InChI=1S/C7H11NO3/c8-4-3-6(10)1-2-7(11)5-9/h7,9,11H,1-3,5H2. The summed E-state index contributed by atoms with van der Waals surface area (Å²) in [6, 6.07) is 1.72. The van der Waals surface area contributed by atoms with Gasteiger partial charge in [-0.1, -0.05) is 0 Å². The number of hydrogen-bond acceptors (Lipinski definition) is 4. The zero-order valence-corrected chi connectivity index (χ0v) is 6.16. The summed E-state index contributed by atoms with van der Waals surface area (Å²) in [7, 11) is 0. The number of carbonyl (C=O) groups is 1. The van der Waals surface area contributed by atoms with Gasteiger partial charge < -0.3 is 10.2 Å². The molecule has 11 heavy (non-hydrogen) atoms. The number of aliphatic hydroxyl groups is 2. The molecule has 0 aliphatic rings. The van der Waals surface area contributed by atoms with E-state index in [0.29, 0.717) is 0 Å². The largest absolute Gasteiger partial charge is 0.394 e. The van der Waals surface area contributed by atoms with Crippen molar-refractivity contribution in [2.75, 3.05) is 6.61 Å². The molecule has 0 saturated heterocycles. The molecule has 4 heteroatoms. The van der Waals surface area contributed by atoms with Gasteiger partial charge in [-0.3, -0.25) is 4.79 Å². The molecule has 0 aromatic carbocycles. The third-order valence-electron chi connectivity index (χ3n) is 1.24. The Balaban J connectivity index is 3.39. The molecule has 2 N–H and O–H groups in total. The predicted octanol–water partition coefficient (Wildman–Crippen LogP) is -0.397. The fraction of sp³-hybridized carbons (Fsp3) is 0.714. The molecule has 0 fully saturated rings. The molecule has 0 aliphatic heterocycles. The average molecular weight is 157 g/mol. The molecule has 0 spiro atoms. The van der Waals surface area contributed by atoms with Crippen molar-refractivity contribution < 1.29 is 15.0 Å². The zero-order valence-electron chi connectivity index (χ0n) is 6.16. The van der Waals surface area contributed by atoms with Gasteiger partial charge in [-0.15, -0.1) is 0 Å². The highest BCUT2D eigenvalue weighted by Crippen LogP contribution is 1.98. The van der Waals surface area contributed by atoms with Crippen LogP contribution in [0.3, 0.4) is 0 Å². The molecular formula is C7H11NO3. The third kappa shape index (κ3) is 5.52. The van der Waals surface area contributed by atoms with Crippen molar-refractivity contribution in [3.63, 3.8) is 0 Å².